The molecular formula is C21H26N4O3. The maximum Gasteiger partial charge on any atom is 0.274 e. The number of aromatic amines is 1. The summed E-state index contributed by atoms with van der Waals surface area (Å²) in [4.78, 5) is 27.2. The van der Waals surface area contributed by atoms with Gasteiger partial charge < -0.3 is 15.0 Å². The van der Waals surface area contributed by atoms with Gasteiger partial charge in [0, 0.05) is 17.7 Å². The molecule has 7 nitrogen and oxygen atoms in total. The second-order valence-corrected chi connectivity index (χ2v) is 8.71. The van der Waals surface area contributed by atoms with E-state index in [4.69, 9.17) is 4.74 Å². The fourth-order valence-electron chi connectivity index (χ4n) is 3.83. The molecule has 0 bridgehead atoms. The lowest BCUT2D eigenvalue weighted by Gasteiger charge is -2.41. The van der Waals surface area contributed by atoms with Gasteiger partial charge in [0.05, 0.1) is 18.7 Å². The number of rotatable bonds is 1. The Bertz CT molecular complexity index is 914. The van der Waals surface area contributed by atoms with Crippen LogP contribution in [-0.2, 0) is 5.41 Å². The minimum Gasteiger partial charge on any atom is -0.483 e. The summed E-state index contributed by atoms with van der Waals surface area (Å²) in [6, 6.07) is 9.07. The van der Waals surface area contributed by atoms with Crippen LogP contribution in [0.4, 0.5) is 0 Å². The number of hydrogen-bond acceptors (Lipinski definition) is 4. The van der Waals surface area contributed by atoms with Gasteiger partial charge in [0.2, 0.25) is 0 Å². The van der Waals surface area contributed by atoms with E-state index in [0.29, 0.717) is 36.6 Å². The summed E-state index contributed by atoms with van der Waals surface area (Å²) >= 11 is 0. The smallest absolute Gasteiger partial charge is 0.274 e. The number of H-pyrrole nitrogens is 1. The molecule has 1 unspecified atom stereocenters. The van der Waals surface area contributed by atoms with Crippen molar-refractivity contribution in [2.24, 2.45) is 0 Å². The van der Waals surface area contributed by atoms with E-state index in [1.54, 1.807) is 11.0 Å². The number of amides is 2. The number of ether oxygens (including phenoxy) is 1. The molecule has 1 aromatic heterocycles. The van der Waals surface area contributed by atoms with Gasteiger partial charge in [-0.25, -0.2) is 0 Å². The molecular weight excluding hydrogens is 356 g/mol. The highest BCUT2D eigenvalue weighted by Gasteiger charge is 2.42. The molecule has 148 valence electrons. The van der Waals surface area contributed by atoms with E-state index in [1.807, 2.05) is 24.3 Å². The van der Waals surface area contributed by atoms with Crippen LogP contribution in [0.15, 0.2) is 30.3 Å². The molecule has 2 amide bonds. The van der Waals surface area contributed by atoms with E-state index < -0.39 is 5.60 Å². The molecule has 1 aromatic carbocycles. The Balaban J connectivity index is 1.57. The Hall–Kier alpha value is -2.83. The average molecular weight is 382 g/mol. The van der Waals surface area contributed by atoms with Crippen molar-refractivity contribution < 1.29 is 14.3 Å². The topological polar surface area (TPSA) is 87.3 Å². The van der Waals surface area contributed by atoms with Crippen molar-refractivity contribution in [3.05, 3.63) is 47.3 Å². The van der Waals surface area contributed by atoms with Crippen molar-refractivity contribution in [1.29, 1.82) is 0 Å². The molecule has 28 heavy (non-hydrogen) atoms. The predicted octanol–water partition coefficient (Wildman–Crippen LogP) is 2.50. The van der Waals surface area contributed by atoms with Crippen LogP contribution in [0.1, 0.15) is 60.2 Å². The lowest BCUT2D eigenvalue weighted by atomic mass is 9.91. The Labute approximate surface area is 164 Å². The summed E-state index contributed by atoms with van der Waals surface area (Å²) in [5.74, 6) is 0.318. The lowest BCUT2D eigenvalue weighted by Crippen LogP contribution is -2.57. The number of carbonyl (C=O) groups excluding carboxylic acids is 2. The average Bonchev–Trinajstić information content (AvgIpc) is 3.12. The summed E-state index contributed by atoms with van der Waals surface area (Å²) in [5, 5.41) is 10.2. The highest BCUT2D eigenvalue weighted by molar-refractivity contribution is 5.97. The molecule has 0 aliphatic carbocycles. The summed E-state index contributed by atoms with van der Waals surface area (Å²) in [5.41, 5.74) is 1.14. The molecule has 1 atom stereocenters. The zero-order valence-electron chi connectivity index (χ0n) is 16.5. The fraction of sp³-hybridized carbons (Fsp3) is 0.476. The molecule has 2 aliphatic rings. The number of benzene rings is 1. The van der Waals surface area contributed by atoms with Crippen LogP contribution in [0.2, 0.25) is 0 Å². The van der Waals surface area contributed by atoms with Crippen LogP contribution in [0.25, 0.3) is 0 Å². The number of fused-ring (bicyclic) bond motifs is 1. The Kier molecular flexibility index (Phi) is 4.40. The number of hydrogen-bond donors (Lipinski definition) is 2. The van der Waals surface area contributed by atoms with Crippen molar-refractivity contribution in [1.82, 2.24) is 20.4 Å². The van der Waals surface area contributed by atoms with Crippen LogP contribution >= 0.6 is 0 Å². The second-order valence-electron chi connectivity index (χ2n) is 8.71. The first-order chi connectivity index (χ1) is 13.3. The molecule has 3 heterocycles. The fourth-order valence-corrected chi connectivity index (χ4v) is 3.83. The van der Waals surface area contributed by atoms with Gasteiger partial charge >= 0.3 is 0 Å². The minimum atomic E-state index is -0.626. The third-order valence-electron chi connectivity index (χ3n) is 5.46. The van der Waals surface area contributed by atoms with Crippen molar-refractivity contribution in [2.45, 2.75) is 44.6 Å². The number of aromatic nitrogens is 2. The van der Waals surface area contributed by atoms with Gasteiger partial charge in [-0.1, -0.05) is 32.9 Å². The van der Waals surface area contributed by atoms with Crippen molar-refractivity contribution in [2.75, 3.05) is 19.6 Å². The first-order valence-electron chi connectivity index (χ1n) is 9.69. The Morgan fingerprint density at radius 3 is 2.82 bits per heavy atom. The zero-order chi connectivity index (χ0) is 19.9. The third-order valence-corrected chi connectivity index (χ3v) is 5.46. The number of piperidine rings is 1. The van der Waals surface area contributed by atoms with E-state index in [1.165, 1.54) is 0 Å². The molecule has 2 aliphatic heterocycles. The minimum absolute atomic E-state index is 0.104. The van der Waals surface area contributed by atoms with Gasteiger partial charge in [-0.05, 0) is 31.0 Å². The first-order valence-corrected chi connectivity index (χ1v) is 9.69. The molecule has 0 saturated carbocycles. The molecule has 4 rings (SSSR count). The van der Waals surface area contributed by atoms with Gasteiger partial charge in [-0.2, -0.15) is 5.10 Å². The molecule has 1 saturated heterocycles. The van der Waals surface area contributed by atoms with Gasteiger partial charge in [-0.3, -0.25) is 14.7 Å². The second kappa shape index (κ2) is 6.65. The van der Waals surface area contributed by atoms with Crippen molar-refractivity contribution >= 4 is 11.8 Å². The number of para-hydroxylation sites is 1. The molecule has 7 heteroatoms. The maximum atomic E-state index is 13.1. The van der Waals surface area contributed by atoms with E-state index in [0.717, 1.165) is 18.5 Å². The Morgan fingerprint density at radius 2 is 2.07 bits per heavy atom. The van der Waals surface area contributed by atoms with Gasteiger partial charge in [0.15, 0.2) is 0 Å². The van der Waals surface area contributed by atoms with E-state index in [-0.39, 0.29) is 17.2 Å². The quantitative estimate of drug-likeness (QED) is 0.793. The molecule has 1 spiro atoms. The highest BCUT2D eigenvalue weighted by atomic mass is 16.5. The lowest BCUT2D eigenvalue weighted by molar-refractivity contribution is -0.00109. The molecule has 2 N–H and O–H groups in total. The standard InChI is InChI=1S/C21H26N4O3/c1-20(2,3)17-11-15(23-24-17)19(27)25-10-6-9-21(13-25)12-22-18(26)14-7-4-5-8-16(14)28-21/h4-5,7-8,11H,6,9-10,12-13H2,1-3H3,(H,22,26)(H,23,24). The van der Waals surface area contributed by atoms with Crippen LogP contribution in [0, 0.1) is 0 Å². The number of likely N-dealkylation sites (tertiary alicyclic amines) is 1. The van der Waals surface area contributed by atoms with Crippen molar-refractivity contribution in [3.8, 4) is 5.75 Å². The van der Waals surface area contributed by atoms with Gasteiger partial charge in [0.1, 0.15) is 17.0 Å². The molecule has 2 aromatic rings. The summed E-state index contributed by atoms with van der Waals surface area (Å²) in [6.07, 6.45) is 1.58. The highest BCUT2D eigenvalue weighted by Crippen LogP contribution is 2.32. The van der Waals surface area contributed by atoms with E-state index in [9.17, 15) is 9.59 Å². The number of nitrogens with one attached hydrogen (secondary N) is 2. The summed E-state index contributed by atoms with van der Waals surface area (Å²) < 4.78 is 6.33. The SMILES string of the molecule is CC(C)(C)c1cc(C(=O)N2CCCC3(CNC(=O)c4ccccc4O3)C2)n[nH]1. The van der Waals surface area contributed by atoms with Crippen LogP contribution in [-0.4, -0.2) is 52.1 Å². The predicted molar refractivity (Wildman–Crippen MR) is 105 cm³/mol. The zero-order valence-corrected chi connectivity index (χ0v) is 16.5. The normalized spacial score (nSPS) is 22.2. The van der Waals surface area contributed by atoms with Crippen LogP contribution < -0.4 is 10.1 Å². The van der Waals surface area contributed by atoms with E-state index in [2.05, 4.69) is 36.3 Å². The largest absolute Gasteiger partial charge is 0.483 e. The monoisotopic (exact) mass is 382 g/mol. The van der Waals surface area contributed by atoms with Gasteiger partial charge in [0.25, 0.3) is 11.8 Å². The van der Waals surface area contributed by atoms with Crippen LogP contribution in [0.3, 0.4) is 0 Å². The van der Waals surface area contributed by atoms with Crippen LogP contribution in [0.5, 0.6) is 5.75 Å². The first kappa shape index (κ1) is 18.5. The summed E-state index contributed by atoms with van der Waals surface area (Å²) in [7, 11) is 0. The number of carbonyl (C=O) groups is 2. The summed E-state index contributed by atoms with van der Waals surface area (Å²) in [6.45, 7) is 7.66. The van der Waals surface area contributed by atoms with Gasteiger partial charge in [-0.15, -0.1) is 0 Å². The number of nitrogens with zero attached hydrogens (tertiary/aromatic N) is 2. The van der Waals surface area contributed by atoms with Crippen molar-refractivity contribution in [3.63, 3.8) is 0 Å². The van der Waals surface area contributed by atoms with E-state index >= 15 is 0 Å². The Morgan fingerprint density at radius 1 is 1.29 bits per heavy atom. The molecule has 1 fully saturated rings. The maximum absolute atomic E-state index is 13.1. The third kappa shape index (κ3) is 3.37. The molecule has 0 radical (unpaired) electrons.